The van der Waals surface area contributed by atoms with E-state index < -0.39 is 0 Å². The molecule has 3 aromatic carbocycles. The minimum atomic E-state index is -0.299. The molecule has 0 radical (unpaired) electrons. The molecule has 0 fully saturated rings. The van der Waals surface area contributed by atoms with Crippen molar-refractivity contribution < 1.29 is 13.9 Å². The van der Waals surface area contributed by atoms with Crippen molar-refractivity contribution in [2.75, 3.05) is 5.32 Å². The fourth-order valence-corrected chi connectivity index (χ4v) is 2.85. The standard InChI is InChI=1S/C23H18FN3O2/c24-18-7-5-17(6-8-18)15-29-22-4-2-1-3-21(22)23(28)26-19-9-11-20(12-10-19)27-14-13-25-16-27/h1-14,16H,15H2,(H,26,28). The summed E-state index contributed by atoms with van der Waals surface area (Å²) in [6, 6.07) is 20.5. The maximum atomic E-state index is 13.0. The lowest BCUT2D eigenvalue weighted by atomic mass is 10.1. The van der Waals surface area contributed by atoms with Crippen molar-refractivity contribution in [3.8, 4) is 11.4 Å². The Morgan fingerprint density at radius 1 is 1.00 bits per heavy atom. The van der Waals surface area contributed by atoms with Gasteiger partial charge in [-0.1, -0.05) is 24.3 Å². The van der Waals surface area contributed by atoms with Crippen molar-refractivity contribution in [3.63, 3.8) is 0 Å². The van der Waals surface area contributed by atoms with E-state index in [1.165, 1.54) is 12.1 Å². The smallest absolute Gasteiger partial charge is 0.259 e. The largest absolute Gasteiger partial charge is 0.488 e. The molecular weight excluding hydrogens is 369 g/mol. The Morgan fingerprint density at radius 2 is 1.76 bits per heavy atom. The van der Waals surface area contributed by atoms with Gasteiger partial charge in [-0.05, 0) is 54.1 Å². The van der Waals surface area contributed by atoms with Crippen LogP contribution in [0.4, 0.5) is 10.1 Å². The van der Waals surface area contributed by atoms with Crippen LogP contribution in [0.1, 0.15) is 15.9 Å². The van der Waals surface area contributed by atoms with Crippen LogP contribution in [-0.4, -0.2) is 15.5 Å². The lowest BCUT2D eigenvalue weighted by molar-refractivity contribution is 0.102. The molecule has 1 heterocycles. The average molecular weight is 387 g/mol. The molecule has 0 atom stereocenters. The van der Waals surface area contributed by atoms with Crippen molar-refractivity contribution >= 4 is 11.6 Å². The number of anilines is 1. The van der Waals surface area contributed by atoms with E-state index in [1.54, 1.807) is 48.9 Å². The predicted octanol–water partition coefficient (Wildman–Crippen LogP) is 4.84. The highest BCUT2D eigenvalue weighted by atomic mass is 19.1. The summed E-state index contributed by atoms with van der Waals surface area (Å²) in [5.41, 5.74) is 2.86. The van der Waals surface area contributed by atoms with E-state index in [4.69, 9.17) is 4.74 Å². The first-order valence-corrected chi connectivity index (χ1v) is 9.05. The van der Waals surface area contributed by atoms with Gasteiger partial charge in [0, 0.05) is 23.8 Å². The van der Waals surface area contributed by atoms with Crippen molar-refractivity contribution in [1.82, 2.24) is 9.55 Å². The Balaban J connectivity index is 1.45. The molecule has 0 spiro atoms. The number of hydrogen-bond donors (Lipinski definition) is 1. The van der Waals surface area contributed by atoms with E-state index in [0.717, 1.165) is 11.3 Å². The maximum Gasteiger partial charge on any atom is 0.259 e. The molecule has 1 N–H and O–H groups in total. The van der Waals surface area contributed by atoms with E-state index in [9.17, 15) is 9.18 Å². The summed E-state index contributed by atoms with van der Waals surface area (Å²) in [7, 11) is 0. The van der Waals surface area contributed by atoms with E-state index in [1.807, 2.05) is 35.0 Å². The number of rotatable bonds is 6. The number of ether oxygens (including phenoxy) is 1. The van der Waals surface area contributed by atoms with Gasteiger partial charge in [-0.2, -0.15) is 0 Å². The van der Waals surface area contributed by atoms with Crippen molar-refractivity contribution in [3.05, 3.63) is 108 Å². The number of carbonyl (C=O) groups excluding carboxylic acids is 1. The van der Waals surface area contributed by atoms with Gasteiger partial charge in [0.1, 0.15) is 18.2 Å². The van der Waals surface area contributed by atoms with Crippen LogP contribution in [0.5, 0.6) is 5.75 Å². The molecule has 4 aromatic rings. The molecule has 0 aliphatic carbocycles. The van der Waals surface area contributed by atoms with Gasteiger partial charge in [0.05, 0.1) is 11.9 Å². The number of benzene rings is 3. The zero-order valence-corrected chi connectivity index (χ0v) is 15.5. The lowest BCUT2D eigenvalue weighted by Gasteiger charge is -2.12. The number of aromatic nitrogens is 2. The molecule has 0 bridgehead atoms. The van der Waals surface area contributed by atoms with Crippen LogP contribution >= 0.6 is 0 Å². The monoisotopic (exact) mass is 387 g/mol. The molecule has 0 saturated heterocycles. The minimum absolute atomic E-state index is 0.240. The Kier molecular flexibility index (Phi) is 5.33. The first kappa shape index (κ1) is 18.4. The number of hydrogen-bond acceptors (Lipinski definition) is 3. The van der Waals surface area contributed by atoms with E-state index >= 15 is 0 Å². The third-order valence-corrected chi connectivity index (χ3v) is 4.37. The highest BCUT2D eigenvalue weighted by Crippen LogP contribution is 2.22. The molecule has 144 valence electrons. The van der Waals surface area contributed by atoms with Crippen LogP contribution in [0.3, 0.4) is 0 Å². The zero-order chi connectivity index (χ0) is 20.1. The van der Waals surface area contributed by atoms with Gasteiger partial charge >= 0.3 is 0 Å². The molecule has 0 aliphatic heterocycles. The fraction of sp³-hybridized carbons (Fsp3) is 0.0435. The number of nitrogens with zero attached hydrogens (tertiary/aromatic N) is 2. The normalized spacial score (nSPS) is 10.5. The second kappa shape index (κ2) is 8.39. The predicted molar refractivity (Wildman–Crippen MR) is 109 cm³/mol. The SMILES string of the molecule is O=C(Nc1ccc(-n2ccnc2)cc1)c1ccccc1OCc1ccc(F)cc1. The third-order valence-electron chi connectivity index (χ3n) is 4.37. The van der Waals surface area contributed by atoms with Gasteiger partial charge in [0.25, 0.3) is 5.91 Å². The molecule has 1 aromatic heterocycles. The van der Waals surface area contributed by atoms with Gasteiger partial charge in [-0.15, -0.1) is 0 Å². The van der Waals surface area contributed by atoms with Crippen LogP contribution in [0.25, 0.3) is 5.69 Å². The van der Waals surface area contributed by atoms with Crippen molar-refractivity contribution in [1.29, 1.82) is 0 Å². The van der Waals surface area contributed by atoms with Crippen LogP contribution < -0.4 is 10.1 Å². The number of amides is 1. The summed E-state index contributed by atoms with van der Waals surface area (Å²) in [6.07, 6.45) is 5.27. The Bertz CT molecular complexity index is 1090. The van der Waals surface area contributed by atoms with Gasteiger partial charge in [0.2, 0.25) is 0 Å². The summed E-state index contributed by atoms with van der Waals surface area (Å²) < 4.78 is 20.7. The molecule has 4 rings (SSSR count). The number of imidazole rings is 1. The number of carbonyl (C=O) groups is 1. The zero-order valence-electron chi connectivity index (χ0n) is 15.5. The van der Waals surface area contributed by atoms with E-state index in [-0.39, 0.29) is 18.3 Å². The number of nitrogens with one attached hydrogen (secondary N) is 1. The maximum absolute atomic E-state index is 13.0. The fourth-order valence-electron chi connectivity index (χ4n) is 2.85. The highest BCUT2D eigenvalue weighted by molar-refractivity contribution is 6.06. The van der Waals surface area contributed by atoms with Crippen LogP contribution in [0.15, 0.2) is 91.5 Å². The molecule has 6 heteroatoms. The quantitative estimate of drug-likeness (QED) is 0.515. The Labute approximate surface area is 167 Å². The first-order valence-electron chi connectivity index (χ1n) is 9.05. The van der Waals surface area contributed by atoms with E-state index in [0.29, 0.717) is 17.0 Å². The van der Waals surface area contributed by atoms with Crippen LogP contribution in [0, 0.1) is 5.82 Å². The summed E-state index contributed by atoms with van der Waals surface area (Å²) in [5, 5.41) is 2.88. The van der Waals surface area contributed by atoms with Crippen LogP contribution in [0.2, 0.25) is 0 Å². The van der Waals surface area contributed by atoms with E-state index in [2.05, 4.69) is 10.3 Å². The molecule has 0 saturated carbocycles. The summed E-state index contributed by atoms with van der Waals surface area (Å²) >= 11 is 0. The highest BCUT2D eigenvalue weighted by Gasteiger charge is 2.13. The van der Waals surface area contributed by atoms with Gasteiger partial charge in [-0.3, -0.25) is 4.79 Å². The number of halogens is 1. The summed E-state index contributed by atoms with van der Waals surface area (Å²) in [6.45, 7) is 0.240. The molecule has 1 amide bonds. The molecule has 0 aliphatic rings. The molecular formula is C23H18FN3O2. The van der Waals surface area contributed by atoms with Gasteiger partial charge in [0.15, 0.2) is 0 Å². The molecule has 5 nitrogen and oxygen atoms in total. The average Bonchev–Trinajstić information content (AvgIpc) is 3.29. The first-order chi connectivity index (χ1) is 14.2. The van der Waals surface area contributed by atoms with Crippen molar-refractivity contribution in [2.24, 2.45) is 0 Å². The minimum Gasteiger partial charge on any atom is -0.488 e. The summed E-state index contributed by atoms with van der Waals surface area (Å²) in [5.74, 6) is -0.105. The number of para-hydroxylation sites is 1. The Hall–Kier alpha value is -3.93. The summed E-state index contributed by atoms with van der Waals surface area (Å²) in [4.78, 5) is 16.8. The topological polar surface area (TPSA) is 56.2 Å². The Morgan fingerprint density at radius 3 is 2.48 bits per heavy atom. The second-order valence-electron chi connectivity index (χ2n) is 6.38. The third kappa shape index (κ3) is 4.50. The van der Waals surface area contributed by atoms with Gasteiger partial charge in [-0.25, -0.2) is 9.37 Å². The lowest BCUT2D eigenvalue weighted by Crippen LogP contribution is -2.13. The van der Waals surface area contributed by atoms with Crippen LogP contribution in [-0.2, 0) is 6.61 Å². The van der Waals surface area contributed by atoms with Gasteiger partial charge < -0.3 is 14.6 Å². The molecule has 0 unspecified atom stereocenters. The second-order valence-corrected chi connectivity index (χ2v) is 6.38. The van der Waals surface area contributed by atoms with Crippen molar-refractivity contribution in [2.45, 2.75) is 6.61 Å². The molecule has 29 heavy (non-hydrogen) atoms.